The predicted octanol–water partition coefficient (Wildman–Crippen LogP) is 2.68. The highest BCUT2D eigenvalue weighted by atomic mass is 32.2. The number of nitrogens with zero attached hydrogens (tertiary/aromatic N) is 3. The van der Waals surface area contributed by atoms with Gasteiger partial charge in [-0.2, -0.15) is 9.30 Å². The van der Waals surface area contributed by atoms with Crippen molar-refractivity contribution < 1.29 is 21.6 Å². The van der Waals surface area contributed by atoms with E-state index < -0.39 is 26.0 Å². The molecule has 1 fully saturated rings. The molecule has 0 saturated carbocycles. The van der Waals surface area contributed by atoms with Gasteiger partial charge >= 0.3 is 0 Å². The number of carbonyl (C=O) groups is 1. The average molecular weight is 523 g/mol. The van der Waals surface area contributed by atoms with Gasteiger partial charge in [0.15, 0.2) is 4.80 Å². The number of fused-ring (bicyclic) bond motifs is 1. The van der Waals surface area contributed by atoms with Crippen molar-refractivity contribution in [3.8, 4) is 0 Å². The lowest BCUT2D eigenvalue weighted by Crippen LogP contribution is -2.35. The van der Waals surface area contributed by atoms with Crippen molar-refractivity contribution in [2.75, 3.05) is 13.1 Å². The van der Waals surface area contributed by atoms with E-state index in [1.54, 1.807) is 6.07 Å². The van der Waals surface area contributed by atoms with Gasteiger partial charge in [0.2, 0.25) is 20.0 Å². The molecule has 182 valence electrons. The molecule has 12 heteroatoms. The second-order valence-corrected chi connectivity index (χ2v) is 12.6. The van der Waals surface area contributed by atoms with Crippen molar-refractivity contribution >= 4 is 47.5 Å². The lowest BCUT2D eigenvalue weighted by molar-refractivity contribution is 0.0997. The van der Waals surface area contributed by atoms with E-state index in [9.17, 15) is 21.6 Å². The van der Waals surface area contributed by atoms with E-state index in [2.05, 4.69) is 4.99 Å². The molecule has 1 amide bonds. The molecule has 2 N–H and O–H groups in total. The van der Waals surface area contributed by atoms with E-state index in [1.165, 1.54) is 52.0 Å². The molecule has 1 aliphatic heterocycles. The zero-order chi connectivity index (χ0) is 24.5. The van der Waals surface area contributed by atoms with Crippen molar-refractivity contribution in [3.63, 3.8) is 0 Å². The highest BCUT2D eigenvalue weighted by molar-refractivity contribution is 7.89. The van der Waals surface area contributed by atoms with Gasteiger partial charge in [0.1, 0.15) is 0 Å². The summed E-state index contributed by atoms with van der Waals surface area (Å²) in [5.41, 5.74) is 1.03. The Morgan fingerprint density at radius 1 is 1.00 bits per heavy atom. The molecule has 34 heavy (non-hydrogen) atoms. The van der Waals surface area contributed by atoms with Gasteiger partial charge in [-0.05, 0) is 61.7 Å². The van der Waals surface area contributed by atoms with Crippen LogP contribution in [-0.2, 0) is 26.6 Å². The normalized spacial score (nSPS) is 16.2. The Labute approximate surface area is 202 Å². The van der Waals surface area contributed by atoms with E-state index in [0.29, 0.717) is 29.1 Å². The summed E-state index contributed by atoms with van der Waals surface area (Å²) < 4.78 is 53.1. The number of benzene rings is 2. The molecule has 0 spiro atoms. The quantitative estimate of drug-likeness (QED) is 0.532. The summed E-state index contributed by atoms with van der Waals surface area (Å²) in [7, 11) is -7.43. The van der Waals surface area contributed by atoms with Crippen molar-refractivity contribution in [2.45, 2.75) is 48.9 Å². The van der Waals surface area contributed by atoms with Gasteiger partial charge in [-0.15, -0.1) is 0 Å². The Bertz CT molecular complexity index is 1500. The number of rotatable bonds is 6. The monoisotopic (exact) mass is 522 g/mol. The molecular weight excluding hydrogens is 496 g/mol. The summed E-state index contributed by atoms with van der Waals surface area (Å²) >= 11 is 1.20. The Morgan fingerprint density at radius 2 is 1.65 bits per heavy atom. The fourth-order valence-electron chi connectivity index (χ4n) is 3.93. The number of primary sulfonamides is 1. The van der Waals surface area contributed by atoms with Gasteiger partial charge in [-0.25, -0.2) is 22.0 Å². The Balaban J connectivity index is 1.68. The Hall–Kier alpha value is -2.38. The molecule has 4 rings (SSSR count). The van der Waals surface area contributed by atoms with Crippen molar-refractivity contribution in [3.05, 3.63) is 52.8 Å². The maximum Gasteiger partial charge on any atom is 0.279 e. The molecule has 1 aliphatic rings. The van der Waals surface area contributed by atoms with Crippen molar-refractivity contribution in [2.24, 2.45) is 10.1 Å². The number of amides is 1. The molecule has 0 bridgehead atoms. The molecular formula is C22H26N4O5S3. The first-order valence-electron chi connectivity index (χ1n) is 11.0. The molecule has 9 nitrogen and oxygen atoms in total. The molecule has 2 heterocycles. The fraction of sp³-hybridized carbons (Fsp3) is 0.364. The summed E-state index contributed by atoms with van der Waals surface area (Å²) in [4.78, 5) is 17.7. The first kappa shape index (κ1) is 24.7. The van der Waals surface area contributed by atoms with Gasteiger partial charge in [-0.1, -0.05) is 24.7 Å². The lowest BCUT2D eigenvalue weighted by atomic mass is 10.2. The molecule has 0 atom stereocenters. The molecule has 3 aromatic rings. The second kappa shape index (κ2) is 9.70. The third-order valence-electron chi connectivity index (χ3n) is 5.68. The van der Waals surface area contributed by atoms with Crippen LogP contribution in [0.25, 0.3) is 10.2 Å². The maximum absolute atomic E-state index is 12.9. The number of hydrogen-bond donors (Lipinski definition) is 1. The third-order valence-corrected chi connectivity index (χ3v) is 9.55. The topological polar surface area (TPSA) is 132 Å². The molecule has 0 unspecified atom stereocenters. The van der Waals surface area contributed by atoms with Crippen LogP contribution in [0.3, 0.4) is 0 Å². The molecule has 1 aromatic heterocycles. The molecule has 0 radical (unpaired) electrons. The zero-order valence-electron chi connectivity index (χ0n) is 18.7. The summed E-state index contributed by atoms with van der Waals surface area (Å²) in [6.45, 7) is 3.60. The fourth-order valence-corrected chi connectivity index (χ4v) is 7.16. The minimum absolute atomic E-state index is 0.00622. The minimum Gasteiger partial charge on any atom is -0.316 e. The summed E-state index contributed by atoms with van der Waals surface area (Å²) in [6.07, 6.45) is 3.51. The second-order valence-electron chi connectivity index (χ2n) is 8.12. The van der Waals surface area contributed by atoms with Crippen LogP contribution in [0.5, 0.6) is 0 Å². The number of sulfonamides is 2. The van der Waals surface area contributed by atoms with Crippen LogP contribution < -0.4 is 9.94 Å². The van der Waals surface area contributed by atoms with Gasteiger partial charge in [0.25, 0.3) is 5.91 Å². The highest BCUT2D eigenvalue weighted by Crippen LogP contribution is 2.23. The van der Waals surface area contributed by atoms with Crippen LogP contribution in [0.15, 0.2) is 57.2 Å². The number of aryl methyl sites for hydroxylation is 1. The maximum atomic E-state index is 12.9. The largest absolute Gasteiger partial charge is 0.316 e. The molecule has 2 aromatic carbocycles. The number of carbonyl (C=O) groups excluding carboxylic acids is 1. The van der Waals surface area contributed by atoms with Gasteiger partial charge in [0.05, 0.1) is 20.0 Å². The van der Waals surface area contributed by atoms with Gasteiger partial charge in [0, 0.05) is 25.2 Å². The number of piperidine rings is 1. The molecule has 1 saturated heterocycles. The van der Waals surface area contributed by atoms with Crippen LogP contribution >= 0.6 is 11.3 Å². The number of thiazole rings is 1. The van der Waals surface area contributed by atoms with Crippen LogP contribution in [0, 0.1) is 0 Å². The van der Waals surface area contributed by atoms with Gasteiger partial charge in [-0.3, -0.25) is 4.79 Å². The van der Waals surface area contributed by atoms with Crippen molar-refractivity contribution in [1.82, 2.24) is 8.87 Å². The van der Waals surface area contributed by atoms with E-state index in [4.69, 9.17) is 5.14 Å². The smallest absolute Gasteiger partial charge is 0.279 e. The van der Waals surface area contributed by atoms with Crippen LogP contribution in [0.1, 0.15) is 43.0 Å². The standard InChI is InChI=1S/C22H26N4O5S3/c1-2-12-26-19-11-10-18(33(23,28)29)15-20(19)32-22(26)24-21(27)16-6-8-17(9-7-16)34(30,31)25-13-4-3-5-14-25/h6-11,15H,2-5,12-14H2,1H3,(H2,23,28,29). The number of nitrogens with two attached hydrogens (primary N) is 1. The van der Waals surface area contributed by atoms with E-state index in [-0.39, 0.29) is 15.4 Å². The van der Waals surface area contributed by atoms with Gasteiger partial charge < -0.3 is 4.57 Å². The zero-order valence-corrected chi connectivity index (χ0v) is 21.1. The minimum atomic E-state index is -3.85. The summed E-state index contributed by atoms with van der Waals surface area (Å²) in [6, 6.07) is 10.4. The number of hydrogen-bond acceptors (Lipinski definition) is 6. The predicted molar refractivity (Wildman–Crippen MR) is 130 cm³/mol. The summed E-state index contributed by atoms with van der Waals surface area (Å²) in [5.74, 6) is -0.509. The average Bonchev–Trinajstić information content (AvgIpc) is 3.15. The van der Waals surface area contributed by atoms with Crippen LogP contribution in [0.4, 0.5) is 0 Å². The van der Waals surface area contributed by atoms with E-state index >= 15 is 0 Å². The first-order valence-corrected chi connectivity index (χ1v) is 14.8. The van der Waals surface area contributed by atoms with E-state index in [0.717, 1.165) is 31.2 Å². The van der Waals surface area contributed by atoms with Crippen molar-refractivity contribution in [1.29, 1.82) is 0 Å². The first-order chi connectivity index (χ1) is 16.1. The Morgan fingerprint density at radius 3 is 2.26 bits per heavy atom. The molecule has 0 aliphatic carbocycles. The summed E-state index contributed by atoms with van der Waals surface area (Å²) in [5, 5.41) is 5.25. The SMILES string of the molecule is CCCn1c(=NC(=O)c2ccc(S(=O)(=O)N3CCCCC3)cc2)sc2cc(S(N)(=O)=O)ccc21. The third kappa shape index (κ3) is 5.01. The van der Waals surface area contributed by atoms with Crippen LogP contribution in [0.2, 0.25) is 0 Å². The van der Waals surface area contributed by atoms with Crippen LogP contribution in [-0.4, -0.2) is 44.7 Å². The Kier molecular flexibility index (Phi) is 7.06. The van der Waals surface area contributed by atoms with E-state index in [1.807, 2.05) is 11.5 Å². The number of aromatic nitrogens is 1. The lowest BCUT2D eigenvalue weighted by Gasteiger charge is -2.25. The highest BCUT2D eigenvalue weighted by Gasteiger charge is 2.26.